The molecule has 2 aliphatic rings. The molecule has 1 N–H and O–H groups in total. The number of benzene rings is 3. The standard InChI is InChI=1S/C19H16ClNO3.C6H4/c1-2-21(18(22)15-9-11-16(20)12-10-15)17(19(23)24)13-8-14-6-4-3-5-7-14;1-2-5-4-6(5)3-1/h1,3-7,9-12,17H,8,13H2,(H,23,24);1-4H. The van der Waals surface area contributed by atoms with Crippen LogP contribution in [0.25, 0.3) is 11.1 Å². The SMILES string of the molecule is C#CN(C(=O)c1ccc(Cl)cc1)C(CCc1ccccc1)C(=O)O.c1cc2cc-2c1. The van der Waals surface area contributed by atoms with E-state index in [0.29, 0.717) is 17.0 Å². The molecular formula is C25H20ClNO3. The van der Waals surface area contributed by atoms with Crippen molar-refractivity contribution in [1.82, 2.24) is 4.90 Å². The van der Waals surface area contributed by atoms with Crippen molar-refractivity contribution in [3.63, 3.8) is 0 Å². The molecule has 30 heavy (non-hydrogen) atoms. The van der Waals surface area contributed by atoms with Gasteiger partial charge >= 0.3 is 5.97 Å². The Labute approximate surface area is 180 Å². The second-order valence-corrected chi connectivity index (χ2v) is 7.21. The molecule has 2 aromatic rings. The third kappa shape index (κ3) is 5.50. The molecule has 0 saturated heterocycles. The predicted octanol–water partition coefficient (Wildman–Crippen LogP) is 5.13. The highest BCUT2D eigenvalue weighted by atomic mass is 35.5. The van der Waals surface area contributed by atoms with E-state index in [0.717, 1.165) is 10.5 Å². The van der Waals surface area contributed by atoms with Crippen LogP contribution < -0.4 is 0 Å². The molecule has 1 amide bonds. The molecule has 4 rings (SSSR count). The van der Waals surface area contributed by atoms with Gasteiger partial charge in [-0.2, -0.15) is 0 Å². The average Bonchev–Trinajstić information content (AvgIpc) is 3.36. The number of rotatable bonds is 6. The van der Waals surface area contributed by atoms with E-state index in [2.05, 4.69) is 30.3 Å². The predicted molar refractivity (Wildman–Crippen MR) is 118 cm³/mol. The fourth-order valence-electron chi connectivity index (χ4n) is 3.01. The van der Waals surface area contributed by atoms with E-state index < -0.39 is 17.9 Å². The number of aryl methyl sites for hydroxylation is 1. The topological polar surface area (TPSA) is 57.6 Å². The maximum Gasteiger partial charge on any atom is 0.327 e. The molecule has 2 aliphatic carbocycles. The van der Waals surface area contributed by atoms with Gasteiger partial charge in [-0.25, -0.2) is 4.79 Å². The number of terminal acetylenes is 1. The monoisotopic (exact) mass is 417 g/mol. The number of carbonyl (C=O) groups excluding carboxylic acids is 1. The zero-order chi connectivity index (χ0) is 21.5. The Bertz CT molecular complexity index is 1050. The van der Waals surface area contributed by atoms with E-state index in [4.69, 9.17) is 18.0 Å². The summed E-state index contributed by atoms with van der Waals surface area (Å²) in [6.07, 6.45) is 6.14. The number of hydrogen-bond donors (Lipinski definition) is 1. The van der Waals surface area contributed by atoms with Crippen LogP contribution in [0.5, 0.6) is 0 Å². The number of fused-ring (bicyclic) bond motifs is 1. The Morgan fingerprint density at radius 3 is 2.07 bits per heavy atom. The summed E-state index contributed by atoms with van der Waals surface area (Å²) in [5.41, 5.74) is 4.13. The summed E-state index contributed by atoms with van der Waals surface area (Å²) in [7, 11) is 0. The van der Waals surface area contributed by atoms with Crippen molar-refractivity contribution in [3.8, 4) is 23.6 Å². The van der Waals surface area contributed by atoms with Gasteiger partial charge in [0.2, 0.25) is 0 Å². The van der Waals surface area contributed by atoms with Crippen LogP contribution in [0.15, 0.2) is 78.9 Å². The van der Waals surface area contributed by atoms with Crippen LogP contribution in [-0.4, -0.2) is 27.9 Å². The van der Waals surface area contributed by atoms with Gasteiger partial charge in [0.1, 0.15) is 6.04 Å². The van der Waals surface area contributed by atoms with Crippen LogP contribution in [-0.2, 0) is 11.2 Å². The van der Waals surface area contributed by atoms with Gasteiger partial charge in [0.25, 0.3) is 5.91 Å². The van der Waals surface area contributed by atoms with Crippen LogP contribution in [0, 0.1) is 12.5 Å². The number of amides is 1. The van der Waals surface area contributed by atoms with E-state index in [1.54, 1.807) is 12.1 Å². The smallest absolute Gasteiger partial charge is 0.327 e. The van der Waals surface area contributed by atoms with Crippen LogP contribution >= 0.6 is 11.6 Å². The lowest BCUT2D eigenvalue weighted by molar-refractivity contribution is -0.141. The van der Waals surface area contributed by atoms with E-state index in [-0.39, 0.29) is 6.42 Å². The Balaban J connectivity index is 0.000000357. The average molecular weight is 418 g/mol. The minimum absolute atomic E-state index is 0.225. The summed E-state index contributed by atoms with van der Waals surface area (Å²) < 4.78 is 0. The number of aliphatic carboxylic acids is 1. The number of halogens is 1. The molecule has 1 unspecified atom stereocenters. The molecule has 0 heterocycles. The highest BCUT2D eigenvalue weighted by Gasteiger charge is 2.29. The second-order valence-electron chi connectivity index (χ2n) is 6.77. The van der Waals surface area contributed by atoms with Gasteiger partial charge in [-0.15, -0.1) is 0 Å². The van der Waals surface area contributed by atoms with Crippen molar-refractivity contribution in [2.24, 2.45) is 0 Å². The van der Waals surface area contributed by atoms with Crippen LogP contribution in [0.4, 0.5) is 0 Å². The third-order valence-electron chi connectivity index (χ3n) is 4.71. The van der Waals surface area contributed by atoms with Gasteiger partial charge in [0.05, 0.1) is 0 Å². The summed E-state index contributed by atoms with van der Waals surface area (Å²) in [5, 5.41) is 9.97. The van der Waals surface area contributed by atoms with E-state index >= 15 is 0 Å². The van der Waals surface area contributed by atoms with Gasteiger partial charge in [0, 0.05) is 16.6 Å². The third-order valence-corrected chi connectivity index (χ3v) is 4.96. The molecular weight excluding hydrogens is 398 g/mol. The van der Waals surface area contributed by atoms with Crippen LogP contribution in [0.2, 0.25) is 5.02 Å². The lowest BCUT2D eigenvalue weighted by atomic mass is 10.0. The van der Waals surface area contributed by atoms with Crippen molar-refractivity contribution in [2.45, 2.75) is 18.9 Å². The minimum atomic E-state index is -1.13. The molecule has 150 valence electrons. The zero-order valence-electron chi connectivity index (χ0n) is 16.2. The normalized spacial score (nSPS) is 11.3. The van der Waals surface area contributed by atoms with E-state index in [9.17, 15) is 14.7 Å². The zero-order valence-corrected chi connectivity index (χ0v) is 16.9. The maximum absolute atomic E-state index is 12.5. The molecule has 0 aromatic heterocycles. The van der Waals surface area contributed by atoms with Crippen molar-refractivity contribution >= 4 is 23.5 Å². The molecule has 5 heteroatoms. The lowest BCUT2D eigenvalue weighted by Gasteiger charge is -2.23. The van der Waals surface area contributed by atoms with E-state index in [1.807, 2.05) is 30.3 Å². The van der Waals surface area contributed by atoms with Gasteiger partial charge in [-0.05, 0) is 59.9 Å². The van der Waals surface area contributed by atoms with Gasteiger partial charge in [-0.1, -0.05) is 66.6 Å². The summed E-state index contributed by atoms with van der Waals surface area (Å²) in [4.78, 5) is 25.0. The molecule has 0 saturated carbocycles. The first kappa shape index (κ1) is 21.2. The Hall–Kier alpha value is -3.55. The first-order valence-corrected chi connectivity index (χ1v) is 9.80. The molecule has 0 fully saturated rings. The molecule has 0 aliphatic heterocycles. The number of carboxylic acid groups (broad SMARTS) is 1. The van der Waals surface area contributed by atoms with E-state index in [1.165, 1.54) is 23.3 Å². The summed E-state index contributed by atoms with van der Waals surface area (Å²) in [6, 6.07) is 25.2. The summed E-state index contributed by atoms with van der Waals surface area (Å²) in [6.45, 7) is 0. The quantitative estimate of drug-likeness (QED) is 0.349. The van der Waals surface area contributed by atoms with Crippen LogP contribution in [0.1, 0.15) is 22.3 Å². The first-order valence-electron chi connectivity index (χ1n) is 9.42. The van der Waals surface area contributed by atoms with Crippen molar-refractivity contribution < 1.29 is 14.7 Å². The Morgan fingerprint density at radius 1 is 0.967 bits per heavy atom. The first-order chi connectivity index (χ1) is 14.5. The number of carbonyl (C=O) groups is 2. The van der Waals surface area contributed by atoms with Gasteiger partial charge in [-0.3, -0.25) is 9.69 Å². The van der Waals surface area contributed by atoms with Gasteiger partial charge in [0.15, 0.2) is 0 Å². The molecule has 4 nitrogen and oxygen atoms in total. The molecule has 0 radical (unpaired) electrons. The summed E-state index contributed by atoms with van der Waals surface area (Å²) in [5.74, 6) is -1.67. The molecule has 0 spiro atoms. The highest BCUT2D eigenvalue weighted by molar-refractivity contribution is 6.30. The van der Waals surface area contributed by atoms with Crippen molar-refractivity contribution in [2.75, 3.05) is 0 Å². The largest absolute Gasteiger partial charge is 0.480 e. The minimum Gasteiger partial charge on any atom is -0.480 e. The van der Waals surface area contributed by atoms with Gasteiger partial charge < -0.3 is 5.11 Å². The highest BCUT2D eigenvalue weighted by Crippen LogP contribution is 2.32. The molecule has 1 atom stereocenters. The fraction of sp³-hybridized carbons (Fsp3) is 0.120. The number of hydrogen-bond acceptors (Lipinski definition) is 2. The van der Waals surface area contributed by atoms with Crippen molar-refractivity contribution in [1.29, 1.82) is 0 Å². The number of carboxylic acids is 1. The Morgan fingerprint density at radius 2 is 1.60 bits per heavy atom. The van der Waals surface area contributed by atoms with Crippen LogP contribution in [0.3, 0.4) is 0 Å². The summed E-state index contributed by atoms with van der Waals surface area (Å²) >= 11 is 5.80. The van der Waals surface area contributed by atoms with Crippen molar-refractivity contribution in [3.05, 3.63) is 95.0 Å². The molecule has 0 bridgehead atoms. The maximum atomic E-state index is 12.5. The second kappa shape index (κ2) is 9.78. The lowest BCUT2D eigenvalue weighted by Crippen LogP contribution is -2.42. The fourth-order valence-corrected chi connectivity index (χ4v) is 3.13. The Kier molecular flexibility index (Phi) is 6.90. The number of nitrogens with zero attached hydrogens (tertiary/aromatic N) is 1. The molecule has 2 aromatic carbocycles.